The summed E-state index contributed by atoms with van der Waals surface area (Å²) in [6, 6.07) is 6.48. The monoisotopic (exact) mass is 462 g/mol. The normalized spacial score (nSPS) is 14.6. The molecule has 0 fully saturated rings. The molecule has 0 saturated heterocycles. The Labute approximate surface area is 186 Å². The maximum Gasteiger partial charge on any atom is 0.243 e. The van der Waals surface area contributed by atoms with Gasteiger partial charge in [0.2, 0.25) is 10.0 Å². The van der Waals surface area contributed by atoms with Gasteiger partial charge in [-0.05, 0) is 36.9 Å². The van der Waals surface area contributed by atoms with Crippen molar-refractivity contribution in [2.24, 2.45) is 7.05 Å². The van der Waals surface area contributed by atoms with Gasteiger partial charge in [-0.1, -0.05) is 18.7 Å². The van der Waals surface area contributed by atoms with E-state index < -0.39 is 10.0 Å². The summed E-state index contributed by atoms with van der Waals surface area (Å²) in [6.45, 7) is 5.48. The van der Waals surface area contributed by atoms with Crippen molar-refractivity contribution in [3.8, 4) is 17.3 Å². The number of hydrogen-bond acceptors (Lipinski definition) is 7. The number of sulfonamides is 1. The van der Waals surface area contributed by atoms with Crippen LogP contribution in [0.1, 0.15) is 25.1 Å². The first-order chi connectivity index (χ1) is 14.9. The smallest absolute Gasteiger partial charge is 0.243 e. The Hall–Kier alpha value is -2.37. The maximum atomic E-state index is 13.3. The molecule has 0 aliphatic carbocycles. The minimum atomic E-state index is -3.64. The van der Waals surface area contributed by atoms with Crippen LogP contribution in [-0.2, 0) is 36.6 Å². The van der Waals surface area contributed by atoms with Crippen molar-refractivity contribution in [2.45, 2.75) is 43.4 Å². The Balaban J connectivity index is 1.71. The molecule has 11 heteroatoms. The predicted octanol–water partition coefficient (Wildman–Crippen LogP) is 2.57. The van der Waals surface area contributed by atoms with Gasteiger partial charge in [0.25, 0.3) is 0 Å². The van der Waals surface area contributed by atoms with Crippen molar-refractivity contribution in [3.63, 3.8) is 0 Å². The molecule has 0 radical (unpaired) electrons. The molecule has 0 saturated carbocycles. The Morgan fingerprint density at radius 2 is 1.90 bits per heavy atom. The van der Waals surface area contributed by atoms with Crippen molar-refractivity contribution < 1.29 is 13.2 Å². The van der Waals surface area contributed by atoms with Crippen molar-refractivity contribution in [3.05, 3.63) is 35.5 Å². The molecule has 1 aliphatic heterocycles. The number of benzene rings is 1. The summed E-state index contributed by atoms with van der Waals surface area (Å²) in [5.41, 5.74) is 2.62. The zero-order valence-corrected chi connectivity index (χ0v) is 19.7. The summed E-state index contributed by atoms with van der Waals surface area (Å²) in [4.78, 5) is 0.251. The molecular formula is C20H26N6O3S2. The van der Waals surface area contributed by atoms with E-state index in [2.05, 4.69) is 17.1 Å². The SMILES string of the molecule is CCSc1nnc(-c2nn(C)c3c2CN(S(=O)(=O)c2ccc(OC)cc2)CC3)n1CC. The summed E-state index contributed by atoms with van der Waals surface area (Å²) in [5.74, 6) is 2.19. The number of ether oxygens (including phenoxy) is 1. The van der Waals surface area contributed by atoms with E-state index >= 15 is 0 Å². The highest BCUT2D eigenvalue weighted by Crippen LogP contribution is 2.33. The van der Waals surface area contributed by atoms with E-state index in [0.717, 1.165) is 22.2 Å². The van der Waals surface area contributed by atoms with Gasteiger partial charge in [0.05, 0.1) is 12.0 Å². The van der Waals surface area contributed by atoms with Gasteiger partial charge in [0.1, 0.15) is 11.4 Å². The number of rotatable bonds is 7. The van der Waals surface area contributed by atoms with Gasteiger partial charge >= 0.3 is 0 Å². The van der Waals surface area contributed by atoms with Gasteiger partial charge in [-0.3, -0.25) is 4.68 Å². The number of nitrogens with zero attached hydrogens (tertiary/aromatic N) is 6. The highest BCUT2D eigenvalue weighted by atomic mass is 32.2. The van der Waals surface area contributed by atoms with Crippen LogP contribution in [0.5, 0.6) is 5.75 Å². The zero-order chi connectivity index (χ0) is 22.2. The van der Waals surface area contributed by atoms with E-state index in [1.807, 2.05) is 23.2 Å². The molecule has 0 N–H and O–H groups in total. The Morgan fingerprint density at radius 3 is 2.55 bits per heavy atom. The van der Waals surface area contributed by atoms with Crippen molar-refractivity contribution in [1.82, 2.24) is 28.9 Å². The molecule has 31 heavy (non-hydrogen) atoms. The lowest BCUT2D eigenvalue weighted by Gasteiger charge is -2.27. The van der Waals surface area contributed by atoms with Crippen LogP contribution in [0.3, 0.4) is 0 Å². The summed E-state index contributed by atoms with van der Waals surface area (Å²) in [5, 5.41) is 14.3. The van der Waals surface area contributed by atoms with Crippen LogP contribution in [0.15, 0.2) is 34.3 Å². The van der Waals surface area contributed by atoms with E-state index in [1.54, 1.807) is 43.1 Å². The standard InChI is InChI=1S/C20H26N6O3S2/c1-5-26-19(21-22-20(26)30-6-2)18-16-13-25(12-11-17(16)24(3)23-18)31(27,28)15-9-7-14(29-4)8-10-15/h7-10H,5-6,11-13H2,1-4H3. The molecule has 0 atom stereocenters. The molecule has 0 amide bonds. The minimum Gasteiger partial charge on any atom is -0.497 e. The molecule has 4 rings (SSSR count). The highest BCUT2D eigenvalue weighted by molar-refractivity contribution is 7.99. The molecule has 3 heterocycles. The van der Waals surface area contributed by atoms with E-state index in [9.17, 15) is 8.42 Å². The average Bonchev–Trinajstić information content (AvgIpc) is 3.34. The molecular weight excluding hydrogens is 436 g/mol. The van der Waals surface area contributed by atoms with Gasteiger partial charge < -0.3 is 9.30 Å². The van der Waals surface area contributed by atoms with Crippen LogP contribution in [0.4, 0.5) is 0 Å². The van der Waals surface area contributed by atoms with Gasteiger partial charge in [0, 0.05) is 44.4 Å². The number of hydrogen-bond donors (Lipinski definition) is 0. The Morgan fingerprint density at radius 1 is 1.16 bits per heavy atom. The first kappa shape index (κ1) is 21.8. The third kappa shape index (κ3) is 3.85. The number of methoxy groups -OCH3 is 1. The van der Waals surface area contributed by atoms with Crippen molar-refractivity contribution in [2.75, 3.05) is 19.4 Å². The van der Waals surface area contributed by atoms with Gasteiger partial charge in [-0.15, -0.1) is 10.2 Å². The van der Waals surface area contributed by atoms with Crippen LogP contribution >= 0.6 is 11.8 Å². The van der Waals surface area contributed by atoms with E-state index in [4.69, 9.17) is 9.84 Å². The van der Waals surface area contributed by atoms with Crippen LogP contribution < -0.4 is 4.74 Å². The van der Waals surface area contributed by atoms with Gasteiger partial charge in [0.15, 0.2) is 11.0 Å². The summed E-state index contributed by atoms with van der Waals surface area (Å²) in [6.07, 6.45) is 0.588. The number of aromatic nitrogens is 5. The van der Waals surface area contributed by atoms with Crippen LogP contribution in [-0.4, -0.2) is 56.7 Å². The Bertz CT molecular complexity index is 1180. The largest absolute Gasteiger partial charge is 0.497 e. The van der Waals surface area contributed by atoms with Crippen molar-refractivity contribution >= 4 is 21.8 Å². The molecule has 1 aliphatic rings. The fourth-order valence-corrected chi connectivity index (χ4v) is 5.97. The summed E-state index contributed by atoms with van der Waals surface area (Å²) < 4.78 is 37.1. The van der Waals surface area contributed by atoms with E-state index in [-0.39, 0.29) is 11.4 Å². The highest BCUT2D eigenvalue weighted by Gasteiger charge is 2.33. The second kappa shape index (κ2) is 8.64. The fourth-order valence-electron chi connectivity index (χ4n) is 3.83. The first-order valence-electron chi connectivity index (χ1n) is 10.2. The quantitative estimate of drug-likeness (QED) is 0.498. The summed E-state index contributed by atoms with van der Waals surface area (Å²) in [7, 11) is -0.197. The van der Waals surface area contributed by atoms with E-state index in [1.165, 1.54) is 4.31 Å². The average molecular weight is 463 g/mol. The molecule has 9 nitrogen and oxygen atoms in total. The number of fused-ring (bicyclic) bond motifs is 1. The van der Waals surface area contributed by atoms with Crippen LogP contribution in [0.25, 0.3) is 11.5 Å². The van der Waals surface area contributed by atoms with Crippen molar-refractivity contribution in [1.29, 1.82) is 0 Å². The third-order valence-electron chi connectivity index (χ3n) is 5.42. The fraction of sp³-hybridized carbons (Fsp3) is 0.450. The molecule has 2 aromatic heterocycles. The van der Waals surface area contributed by atoms with E-state index in [0.29, 0.717) is 36.8 Å². The van der Waals surface area contributed by atoms with Gasteiger partial charge in [-0.25, -0.2) is 8.42 Å². The maximum absolute atomic E-state index is 13.3. The minimum absolute atomic E-state index is 0.250. The topological polar surface area (TPSA) is 95.1 Å². The molecule has 0 spiro atoms. The number of aryl methyl sites for hydroxylation is 1. The molecule has 0 bridgehead atoms. The zero-order valence-electron chi connectivity index (χ0n) is 18.1. The molecule has 166 valence electrons. The van der Waals surface area contributed by atoms with Crippen LogP contribution in [0.2, 0.25) is 0 Å². The van der Waals surface area contributed by atoms with Gasteiger partial charge in [-0.2, -0.15) is 9.40 Å². The predicted molar refractivity (Wildman–Crippen MR) is 119 cm³/mol. The Kier molecular flexibility index (Phi) is 6.09. The molecule has 0 unspecified atom stereocenters. The molecule has 1 aromatic carbocycles. The molecule has 3 aromatic rings. The third-order valence-corrected chi connectivity index (χ3v) is 8.13. The second-order valence-corrected chi connectivity index (χ2v) is 10.3. The lowest BCUT2D eigenvalue weighted by Crippen LogP contribution is -2.36. The second-order valence-electron chi connectivity index (χ2n) is 7.15. The lowest BCUT2D eigenvalue weighted by atomic mass is 10.1. The first-order valence-corrected chi connectivity index (χ1v) is 12.6. The lowest BCUT2D eigenvalue weighted by molar-refractivity contribution is 0.386. The number of thioether (sulfide) groups is 1. The van der Waals surface area contributed by atoms with Crippen LogP contribution in [0, 0.1) is 0 Å². The summed E-state index contributed by atoms with van der Waals surface area (Å²) >= 11 is 1.63.